The van der Waals surface area contributed by atoms with Crippen LogP contribution in [-0.2, 0) is 6.54 Å². The Bertz CT molecular complexity index is 378. The zero-order chi connectivity index (χ0) is 13.2. The highest BCUT2D eigenvalue weighted by atomic mass is 32.1. The van der Waals surface area contributed by atoms with E-state index in [-0.39, 0.29) is 0 Å². The van der Waals surface area contributed by atoms with Crippen molar-refractivity contribution in [3.63, 3.8) is 0 Å². The van der Waals surface area contributed by atoms with E-state index in [2.05, 4.69) is 49.4 Å². The minimum atomic E-state index is 0.340. The van der Waals surface area contributed by atoms with E-state index in [0.29, 0.717) is 11.5 Å². The number of nitrogens with zero attached hydrogens (tertiary/aromatic N) is 1. The third-order valence-electron chi connectivity index (χ3n) is 3.86. The van der Waals surface area contributed by atoms with Crippen molar-refractivity contribution in [2.45, 2.75) is 46.7 Å². The standard InChI is InChI=1S/C15H26N2S/c1-12-6-9-18-13(12)10-17-8-5-7-16-14(11-17)15(2,3)4/h6,9,14,16H,5,7-8,10-11H2,1-4H3. The number of hydrogen-bond donors (Lipinski definition) is 1. The second kappa shape index (κ2) is 5.72. The molecule has 1 unspecified atom stereocenters. The molecule has 0 aliphatic carbocycles. The third-order valence-corrected chi connectivity index (χ3v) is 4.87. The van der Waals surface area contributed by atoms with Gasteiger partial charge in [0.25, 0.3) is 0 Å². The number of aryl methyl sites for hydroxylation is 1. The Hall–Kier alpha value is -0.380. The van der Waals surface area contributed by atoms with E-state index in [1.807, 2.05) is 11.3 Å². The summed E-state index contributed by atoms with van der Waals surface area (Å²) in [5.41, 5.74) is 1.79. The maximum atomic E-state index is 3.71. The van der Waals surface area contributed by atoms with Crippen LogP contribution >= 0.6 is 11.3 Å². The minimum Gasteiger partial charge on any atom is -0.312 e. The number of rotatable bonds is 2. The van der Waals surface area contributed by atoms with Crippen LogP contribution in [0.4, 0.5) is 0 Å². The molecule has 1 fully saturated rings. The molecule has 1 aliphatic rings. The predicted octanol–water partition coefficient (Wildman–Crippen LogP) is 3.27. The summed E-state index contributed by atoms with van der Waals surface area (Å²) in [6, 6.07) is 2.83. The fourth-order valence-corrected chi connectivity index (χ4v) is 3.43. The topological polar surface area (TPSA) is 15.3 Å². The third kappa shape index (κ3) is 3.56. The van der Waals surface area contributed by atoms with E-state index < -0.39 is 0 Å². The summed E-state index contributed by atoms with van der Waals surface area (Å²) in [4.78, 5) is 4.15. The van der Waals surface area contributed by atoms with Gasteiger partial charge in [0.05, 0.1) is 0 Å². The van der Waals surface area contributed by atoms with Crippen molar-refractivity contribution in [3.8, 4) is 0 Å². The van der Waals surface area contributed by atoms with Gasteiger partial charge < -0.3 is 5.32 Å². The van der Waals surface area contributed by atoms with Gasteiger partial charge in [-0.15, -0.1) is 11.3 Å². The van der Waals surface area contributed by atoms with Gasteiger partial charge >= 0.3 is 0 Å². The molecule has 2 nitrogen and oxygen atoms in total. The highest BCUT2D eigenvalue weighted by Crippen LogP contribution is 2.24. The second-order valence-electron chi connectivity index (χ2n) is 6.49. The molecule has 3 heteroatoms. The molecule has 0 spiro atoms. The maximum absolute atomic E-state index is 3.71. The van der Waals surface area contributed by atoms with Crippen LogP contribution in [0.25, 0.3) is 0 Å². The zero-order valence-corrected chi connectivity index (χ0v) is 12.9. The lowest BCUT2D eigenvalue weighted by Gasteiger charge is -2.33. The summed E-state index contributed by atoms with van der Waals surface area (Å²) < 4.78 is 0. The molecule has 0 aromatic carbocycles. The van der Waals surface area contributed by atoms with Gasteiger partial charge in [-0.1, -0.05) is 20.8 Å². The van der Waals surface area contributed by atoms with E-state index in [9.17, 15) is 0 Å². The number of nitrogens with one attached hydrogen (secondary N) is 1. The van der Waals surface area contributed by atoms with Gasteiger partial charge in [-0.3, -0.25) is 4.90 Å². The van der Waals surface area contributed by atoms with E-state index >= 15 is 0 Å². The molecular formula is C15H26N2S. The molecule has 0 bridgehead atoms. The van der Waals surface area contributed by atoms with Crippen LogP contribution < -0.4 is 5.32 Å². The van der Waals surface area contributed by atoms with E-state index in [4.69, 9.17) is 0 Å². The van der Waals surface area contributed by atoms with Crippen molar-refractivity contribution in [2.24, 2.45) is 5.41 Å². The van der Waals surface area contributed by atoms with Crippen molar-refractivity contribution in [1.82, 2.24) is 10.2 Å². The molecule has 1 aromatic heterocycles. The van der Waals surface area contributed by atoms with Crippen molar-refractivity contribution in [3.05, 3.63) is 21.9 Å². The summed E-state index contributed by atoms with van der Waals surface area (Å²) >= 11 is 1.90. The molecule has 18 heavy (non-hydrogen) atoms. The Kier molecular flexibility index (Phi) is 4.46. The monoisotopic (exact) mass is 266 g/mol. The first-order chi connectivity index (χ1) is 8.47. The molecule has 0 saturated carbocycles. The van der Waals surface area contributed by atoms with Crippen molar-refractivity contribution < 1.29 is 0 Å². The Morgan fingerprint density at radius 1 is 1.44 bits per heavy atom. The molecule has 2 rings (SSSR count). The lowest BCUT2D eigenvalue weighted by Crippen LogP contribution is -2.46. The first-order valence-corrected chi connectivity index (χ1v) is 7.83. The van der Waals surface area contributed by atoms with Gasteiger partial charge in [-0.2, -0.15) is 0 Å². The van der Waals surface area contributed by atoms with E-state index in [1.54, 1.807) is 0 Å². The summed E-state index contributed by atoms with van der Waals surface area (Å²) in [6.07, 6.45) is 1.26. The average Bonchev–Trinajstić information content (AvgIpc) is 2.54. The molecule has 2 heterocycles. The molecule has 1 aliphatic heterocycles. The molecule has 102 valence electrons. The first kappa shape index (κ1) is 14.0. The summed E-state index contributed by atoms with van der Waals surface area (Å²) in [5.74, 6) is 0. The number of thiophene rings is 1. The minimum absolute atomic E-state index is 0.340. The van der Waals surface area contributed by atoms with Crippen LogP contribution in [0.2, 0.25) is 0 Å². The normalized spacial score (nSPS) is 23.0. The van der Waals surface area contributed by atoms with Crippen LogP contribution in [0, 0.1) is 12.3 Å². The SMILES string of the molecule is Cc1ccsc1CN1CCCNC(C(C)(C)C)C1. The summed E-state index contributed by atoms with van der Waals surface area (Å²) in [5, 5.41) is 5.92. The van der Waals surface area contributed by atoms with E-state index in [1.165, 1.54) is 30.0 Å². The van der Waals surface area contributed by atoms with Gasteiger partial charge in [0.1, 0.15) is 0 Å². The van der Waals surface area contributed by atoms with Gasteiger partial charge in [-0.25, -0.2) is 0 Å². The van der Waals surface area contributed by atoms with Crippen molar-refractivity contribution >= 4 is 11.3 Å². The van der Waals surface area contributed by atoms with Crippen molar-refractivity contribution in [2.75, 3.05) is 19.6 Å². The first-order valence-electron chi connectivity index (χ1n) is 6.95. The highest BCUT2D eigenvalue weighted by molar-refractivity contribution is 7.10. The fraction of sp³-hybridized carbons (Fsp3) is 0.733. The van der Waals surface area contributed by atoms with E-state index in [0.717, 1.165) is 13.1 Å². The molecular weight excluding hydrogens is 240 g/mol. The Morgan fingerprint density at radius 3 is 2.83 bits per heavy atom. The molecule has 1 N–H and O–H groups in total. The molecule has 0 amide bonds. The summed E-state index contributed by atoms with van der Waals surface area (Å²) in [6.45, 7) is 13.9. The van der Waals surface area contributed by atoms with Crippen LogP contribution in [0.5, 0.6) is 0 Å². The van der Waals surface area contributed by atoms with Gasteiger partial charge in [0, 0.05) is 24.0 Å². The molecule has 1 aromatic rings. The molecule has 0 radical (unpaired) electrons. The Balaban J connectivity index is 2.01. The molecule has 1 atom stereocenters. The lowest BCUT2D eigenvalue weighted by molar-refractivity contribution is 0.193. The van der Waals surface area contributed by atoms with Gasteiger partial charge in [0.2, 0.25) is 0 Å². The van der Waals surface area contributed by atoms with Gasteiger partial charge in [-0.05, 0) is 48.9 Å². The zero-order valence-electron chi connectivity index (χ0n) is 12.1. The molecule has 1 saturated heterocycles. The van der Waals surface area contributed by atoms with Gasteiger partial charge in [0.15, 0.2) is 0 Å². The van der Waals surface area contributed by atoms with Crippen LogP contribution in [0.1, 0.15) is 37.6 Å². The van der Waals surface area contributed by atoms with Crippen LogP contribution in [0.3, 0.4) is 0 Å². The maximum Gasteiger partial charge on any atom is 0.0331 e. The quantitative estimate of drug-likeness (QED) is 0.884. The van der Waals surface area contributed by atoms with Crippen LogP contribution in [-0.4, -0.2) is 30.6 Å². The average molecular weight is 266 g/mol. The largest absolute Gasteiger partial charge is 0.312 e. The smallest absolute Gasteiger partial charge is 0.0331 e. The van der Waals surface area contributed by atoms with Crippen molar-refractivity contribution in [1.29, 1.82) is 0 Å². The lowest BCUT2D eigenvalue weighted by atomic mass is 9.86. The Morgan fingerprint density at radius 2 is 2.22 bits per heavy atom. The summed E-state index contributed by atoms with van der Waals surface area (Å²) in [7, 11) is 0. The number of hydrogen-bond acceptors (Lipinski definition) is 3. The highest BCUT2D eigenvalue weighted by Gasteiger charge is 2.28. The fourth-order valence-electron chi connectivity index (χ4n) is 2.49. The van der Waals surface area contributed by atoms with Crippen LogP contribution in [0.15, 0.2) is 11.4 Å². The Labute approximate surface area is 115 Å². The predicted molar refractivity (Wildman–Crippen MR) is 80.2 cm³/mol. The second-order valence-corrected chi connectivity index (χ2v) is 7.49.